The van der Waals surface area contributed by atoms with Crippen LogP contribution in [0.5, 0.6) is 0 Å². The molecule has 2 nitrogen and oxygen atoms in total. The highest BCUT2D eigenvalue weighted by Gasteiger charge is 2.07. The Morgan fingerprint density at radius 1 is 1.67 bits per heavy atom. The minimum Gasteiger partial charge on any atom is -0.378 e. The highest BCUT2D eigenvalue weighted by atomic mass is 16.5. The number of ether oxygens (including phenoxy) is 1. The summed E-state index contributed by atoms with van der Waals surface area (Å²) in [6.45, 7) is 4.68. The third-order valence-corrected chi connectivity index (χ3v) is 1.38. The Labute approximate surface area is 55.9 Å². The summed E-state index contributed by atoms with van der Waals surface area (Å²) < 4.78 is 5.22. The maximum atomic E-state index is 5.22. The smallest absolute Gasteiger partial charge is 0.0656 e. The van der Waals surface area contributed by atoms with Crippen LogP contribution < -0.4 is 5.32 Å². The van der Waals surface area contributed by atoms with Gasteiger partial charge in [0.25, 0.3) is 0 Å². The monoisotopic (exact) mass is 127 g/mol. The zero-order valence-corrected chi connectivity index (χ0v) is 5.76. The first-order valence-corrected chi connectivity index (χ1v) is 3.37. The van der Waals surface area contributed by atoms with Crippen LogP contribution in [0.25, 0.3) is 0 Å². The Morgan fingerprint density at radius 3 is 3.11 bits per heavy atom. The first-order chi connectivity index (χ1) is 4.43. The van der Waals surface area contributed by atoms with Crippen LogP contribution in [0.2, 0.25) is 0 Å². The summed E-state index contributed by atoms with van der Waals surface area (Å²) in [5, 5.41) is 3.31. The van der Waals surface area contributed by atoms with Crippen molar-refractivity contribution < 1.29 is 4.74 Å². The SMILES string of the molecule is C/C=C\C1COCCN1. The molecule has 1 rings (SSSR count). The predicted molar refractivity (Wildman–Crippen MR) is 37.4 cm³/mol. The van der Waals surface area contributed by atoms with Crippen LogP contribution in [-0.2, 0) is 4.74 Å². The number of nitrogens with one attached hydrogen (secondary N) is 1. The lowest BCUT2D eigenvalue weighted by atomic mass is 10.2. The van der Waals surface area contributed by atoms with Gasteiger partial charge in [0, 0.05) is 12.6 Å². The van der Waals surface area contributed by atoms with Gasteiger partial charge in [-0.05, 0) is 6.92 Å². The van der Waals surface area contributed by atoms with Gasteiger partial charge < -0.3 is 10.1 Å². The summed E-state index contributed by atoms with van der Waals surface area (Å²) in [6.07, 6.45) is 4.17. The van der Waals surface area contributed by atoms with E-state index in [-0.39, 0.29) is 0 Å². The van der Waals surface area contributed by atoms with E-state index in [9.17, 15) is 0 Å². The minimum atomic E-state index is 0.448. The topological polar surface area (TPSA) is 21.3 Å². The summed E-state index contributed by atoms with van der Waals surface area (Å²) in [5.41, 5.74) is 0. The van der Waals surface area contributed by atoms with Gasteiger partial charge >= 0.3 is 0 Å². The van der Waals surface area contributed by atoms with E-state index in [1.807, 2.05) is 13.0 Å². The molecule has 0 aromatic heterocycles. The van der Waals surface area contributed by atoms with Crippen LogP contribution in [0.1, 0.15) is 6.92 Å². The van der Waals surface area contributed by atoms with Crippen molar-refractivity contribution in [2.45, 2.75) is 13.0 Å². The fraction of sp³-hybridized carbons (Fsp3) is 0.714. The van der Waals surface area contributed by atoms with Crippen molar-refractivity contribution in [3.63, 3.8) is 0 Å². The molecule has 2 heteroatoms. The molecule has 0 radical (unpaired) electrons. The number of allylic oxidation sites excluding steroid dienone is 1. The van der Waals surface area contributed by atoms with Crippen molar-refractivity contribution in [2.24, 2.45) is 0 Å². The zero-order chi connectivity index (χ0) is 6.53. The average Bonchev–Trinajstić information content (AvgIpc) is 1.91. The summed E-state index contributed by atoms with van der Waals surface area (Å²) >= 11 is 0. The first-order valence-electron chi connectivity index (χ1n) is 3.37. The maximum Gasteiger partial charge on any atom is 0.0656 e. The molecule has 1 aliphatic rings. The molecular formula is C7H13NO. The lowest BCUT2D eigenvalue weighted by molar-refractivity contribution is 0.0901. The fourth-order valence-corrected chi connectivity index (χ4v) is 0.942. The van der Waals surface area contributed by atoms with Gasteiger partial charge in [0.15, 0.2) is 0 Å². The Bertz CT molecular complexity index is 95.1. The van der Waals surface area contributed by atoms with Crippen LogP contribution in [-0.4, -0.2) is 25.8 Å². The van der Waals surface area contributed by atoms with E-state index in [4.69, 9.17) is 4.74 Å². The van der Waals surface area contributed by atoms with Crippen molar-refractivity contribution >= 4 is 0 Å². The maximum absolute atomic E-state index is 5.22. The van der Waals surface area contributed by atoms with Gasteiger partial charge in [-0.25, -0.2) is 0 Å². The largest absolute Gasteiger partial charge is 0.378 e. The second kappa shape index (κ2) is 3.64. The molecule has 0 bridgehead atoms. The van der Waals surface area contributed by atoms with Gasteiger partial charge in [0.1, 0.15) is 0 Å². The highest BCUT2D eigenvalue weighted by molar-refractivity contribution is 4.92. The highest BCUT2D eigenvalue weighted by Crippen LogP contribution is 1.93. The third kappa shape index (κ3) is 2.16. The molecule has 9 heavy (non-hydrogen) atoms. The Kier molecular flexibility index (Phi) is 2.74. The summed E-state index contributed by atoms with van der Waals surface area (Å²) in [7, 11) is 0. The summed E-state index contributed by atoms with van der Waals surface area (Å²) in [4.78, 5) is 0. The normalized spacial score (nSPS) is 29.2. The van der Waals surface area contributed by atoms with E-state index in [1.54, 1.807) is 0 Å². The quantitative estimate of drug-likeness (QED) is 0.519. The standard InChI is InChI=1S/C7H13NO/c1-2-3-7-6-9-5-4-8-7/h2-3,7-8H,4-6H2,1H3/b3-2-. The third-order valence-electron chi connectivity index (χ3n) is 1.38. The molecule has 0 aliphatic carbocycles. The van der Waals surface area contributed by atoms with Crippen LogP contribution >= 0.6 is 0 Å². The molecule has 0 amide bonds. The fourth-order valence-electron chi connectivity index (χ4n) is 0.942. The second-order valence-corrected chi connectivity index (χ2v) is 2.16. The van der Waals surface area contributed by atoms with E-state index < -0.39 is 0 Å². The predicted octanol–water partition coefficient (Wildman–Crippen LogP) is 0.551. The average molecular weight is 127 g/mol. The summed E-state index contributed by atoms with van der Waals surface area (Å²) in [5.74, 6) is 0. The van der Waals surface area contributed by atoms with Crippen molar-refractivity contribution in [1.82, 2.24) is 5.32 Å². The number of rotatable bonds is 1. The lowest BCUT2D eigenvalue weighted by Gasteiger charge is -2.20. The van der Waals surface area contributed by atoms with Gasteiger partial charge in [0.2, 0.25) is 0 Å². The molecule has 1 aliphatic heterocycles. The van der Waals surface area contributed by atoms with Gasteiger partial charge in [-0.3, -0.25) is 0 Å². The number of morpholine rings is 1. The number of hydrogen-bond donors (Lipinski definition) is 1. The Hall–Kier alpha value is -0.340. The van der Waals surface area contributed by atoms with E-state index in [0.717, 1.165) is 19.8 Å². The lowest BCUT2D eigenvalue weighted by Crippen LogP contribution is -2.39. The molecular weight excluding hydrogens is 114 g/mol. The molecule has 1 unspecified atom stereocenters. The molecule has 0 saturated carbocycles. The van der Waals surface area contributed by atoms with Crippen molar-refractivity contribution in [1.29, 1.82) is 0 Å². The van der Waals surface area contributed by atoms with Crippen LogP contribution in [0, 0.1) is 0 Å². The molecule has 1 fully saturated rings. The molecule has 0 spiro atoms. The van der Waals surface area contributed by atoms with E-state index in [0.29, 0.717) is 6.04 Å². The van der Waals surface area contributed by atoms with E-state index in [2.05, 4.69) is 11.4 Å². The Morgan fingerprint density at radius 2 is 2.56 bits per heavy atom. The van der Waals surface area contributed by atoms with Crippen molar-refractivity contribution in [3.8, 4) is 0 Å². The minimum absolute atomic E-state index is 0.448. The summed E-state index contributed by atoms with van der Waals surface area (Å²) in [6, 6.07) is 0.448. The molecule has 1 heterocycles. The molecule has 1 saturated heterocycles. The van der Waals surface area contributed by atoms with Crippen LogP contribution in [0.4, 0.5) is 0 Å². The van der Waals surface area contributed by atoms with Crippen LogP contribution in [0.15, 0.2) is 12.2 Å². The second-order valence-electron chi connectivity index (χ2n) is 2.16. The first kappa shape index (κ1) is 6.78. The van der Waals surface area contributed by atoms with E-state index >= 15 is 0 Å². The van der Waals surface area contributed by atoms with Gasteiger partial charge in [0.05, 0.1) is 13.2 Å². The Balaban J connectivity index is 2.23. The van der Waals surface area contributed by atoms with Crippen molar-refractivity contribution in [2.75, 3.05) is 19.8 Å². The van der Waals surface area contributed by atoms with Crippen LogP contribution in [0.3, 0.4) is 0 Å². The van der Waals surface area contributed by atoms with Crippen molar-refractivity contribution in [3.05, 3.63) is 12.2 Å². The number of hydrogen-bond acceptors (Lipinski definition) is 2. The molecule has 1 atom stereocenters. The van der Waals surface area contributed by atoms with Gasteiger partial charge in [-0.1, -0.05) is 12.2 Å². The van der Waals surface area contributed by atoms with E-state index in [1.165, 1.54) is 0 Å². The zero-order valence-electron chi connectivity index (χ0n) is 5.76. The van der Waals surface area contributed by atoms with Gasteiger partial charge in [-0.15, -0.1) is 0 Å². The molecule has 1 N–H and O–H groups in total. The molecule has 0 aromatic rings. The van der Waals surface area contributed by atoms with Gasteiger partial charge in [-0.2, -0.15) is 0 Å². The molecule has 0 aromatic carbocycles. The molecule has 52 valence electrons.